The summed E-state index contributed by atoms with van der Waals surface area (Å²) >= 11 is 0. The molecule has 0 aliphatic heterocycles. The van der Waals surface area contributed by atoms with Gasteiger partial charge in [-0.05, 0) is 55.3 Å². The van der Waals surface area contributed by atoms with Crippen LogP contribution in [0.1, 0.15) is 84.8 Å². The number of para-hydroxylation sites is 1. The van der Waals surface area contributed by atoms with E-state index in [0.29, 0.717) is 17.7 Å². The first kappa shape index (κ1) is 44.7. The summed E-state index contributed by atoms with van der Waals surface area (Å²) in [4.78, 5) is 5.22. The quantitative estimate of drug-likeness (QED) is 0.158. The van der Waals surface area contributed by atoms with Crippen molar-refractivity contribution in [3.8, 4) is 22.6 Å². The number of rotatable bonds is 8. The van der Waals surface area contributed by atoms with Gasteiger partial charge in [0.15, 0.2) is 11.7 Å². The normalized spacial score (nSPS) is 10.9. The molecule has 265 valence electrons. The van der Waals surface area contributed by atoms with Crippen LogP contribution in [0, 0.1) is 20.8 Å². The van der Waals surface area contributed by atoms with Crippen molar-refractivity contribution in [2.24, 2.45) is 0 Å². The average Bonchev–Trinajstić information content (AvgIpc) is 3.51. The summed E-state index contributed by atoms with van der Waals surface area (Å²) in [6.07, 6.45) is 0. The Labute approximate surface area is 322 Å². The van der Waals surface area contributed by atoms with Crippen molar-refractivity contribution in [3.63, 3.8) is 0 Å². The van der Waals surface area contributed by atoms with Crippen molar-refractivity contribution in [2.75, 3.05) is 42.3 Å². The van der Waals surface area contributed by atoms with Crippen molar-refractivity contribution in [3.05, 3.63) is 152 Å². The number of nitrogens with zero attached hydrogens (tertiary/aromatic N) is 5. The fourth-order valence-corrected chi connectivity index (χ4v) is 5.69. The van der Waals surface area contributed by atoms with E-state index in [1.54, 1.807) is 42.3 Å². The molecule has 0 saturated carbocycles. The second kappa shape index (κ2) is 23.2. The minimum atomic E-state index is -0.391. The van der Waals surface area contributed by atoms with Gasteiger partial charge in [-0.3, -0.25) is 0 Å². The number of aryl methyl sites for hydroxylation is 3. The zero-order valence-electron chi connectivity index (χ0n) is 32.5. The van der Waals surface area contributed by atoms with Crippen LogP contribution >= 0.6 is 0 Å². The van der Waals surface area contributed by atoms with Crippen molar-refractivity contribution < 1.29 is 30.6 Å². The summed E-state index contributed by atoms with van der Waals surface area (Å²) in [5.41, 5.74) is 11.2. The van der Waals surface area contributed by atoms with Crippen molar-refractivity contribution >= 4 is 5.69 Å². The molecular formula is C43H57N5OZr-. The number of aromatic nitrogens is 1. The number of hydrogen-bond acceptors (Lipinski definition) is 2. The van der Waals surface area contributed by atoms with Crippen molar-refractivity contribution in [2.45, 2.75) is 66.3 Å². The van der Waals surface area contributed by atoms with Gasteiger partial charge in [0, 0.05) is 11.1 Å². The summed E-state index contributed by atoms with van der Waals surface area (Å²) in [6, 6.07) is 31.2. The second-order valence-electron chi connectivity index (χ2n) is 12.7. The Hall–Kier alpha value is -3.35. The van der Waals surface area contributed by atoms with Gasteiger partial charge in [0.1, 0.15) is 5.69 Å². The predicted molar refractivity (Wildman–Crippen MR) is 213 cm³/mol. The molecule has 6 nitrogen and oxygen atoms in total. The van der Waals surface area contributed by atoms with Gasteiger partial charge in [-0.25, -0.2) is 4.98 Å². The van der Waals surface area contributed by atoms with E-state index in [2.05, 4.69) is 119 Å². The number of benzene rings is 4. The maximum absolute atomic E-state index is 6.78. The molecule has 1 heterocycles. The molecule has 5 aromatic rings. The molecule has 0 saturated heterocycles. The molecule has 4 aromatic carbocycles. The SMILES string of the molecule is C[N-]C.C[N-]C.C[N-]C.Cc1cc(C)c(C([N-]c2c(C(C)C)cccc2C(C)C)c2nc(-c3ccccc3)c(-c3ccccc3)o2)c(C)c1.[Zr+3]. The molecule has 0 N–H and O–H groups in total. The van der Waals surface area contributed by atoms with E-state index in [1.807, 2.05) is 36.4 Å². The Morgan fingerprint density at radius 2 is 1.00 bits per heavy atom. The average molecular weight is 751 g/mol. The Kier molecular flexibility index (Phi) is 20.7. The summed E-state index contributed by atoms with van der Waals surface area (Å²) < 4.78 is 6.78. The molecule has 7 heteroatoms. The number of hydrogen-bond donors (Lipinski definition) is 0. The van der Waals surface area contributed by atoms with E-state index in [9.17, 15) is 0 Å². The van der Waals surface area contributed by atoms with Crippen LogP contribution in [0.4, 0.5) is 5.69 Å². The first-order valence-electron chi connectivity index (χ1n) is 17.0. The van der Waals surface area contributed by atoms with E-state index < -0.39 is 6.04 Å². The molecular weight excluding hydrogens is 694 g/mol. The molecule has 0 aliphatic carbocycles. The van der Waals surface area contributed by atoms with Crippen molar-refractivity contribution in [1.29, 1.82) is 0 Å². The molecule has 0 fully saturated rings. The zero-order chi connectivity index (χ0) is 36.5. The molecule has 1 radical (unpaired) electrons. The summed E-state index contributed by atoms with van der Waals surface area (Å²) in [7, 11) is 10.5. The van der Waals surface area contributed by atoms with Crippen LogP contribution in [-0.4, -0.2) is 47.3 Å². The molecule has 0 bridgehead atoms. The van der Waals surface area contributed by atoms with E-state index in [1.165, 1.54) is 27.8 Å². The van der Waals surface area contributed by atoms with Crippen LogP contribution in [0.2, 0.25) is 0 Å². The van der Waals surface area contributed by atoms with E-state index in [-0.39, 0.29) is 26.2 Å². The molecule has 5 rings (SSSR count). The second-order valence-corrected chi connectivity index (χ2v) is 12.7. The summed E-state index contributed by atoms with van der Waals surface area (Å²) in [6.45, 7) is 15.4. The van der Waals surface area contributed by atoms with Crippen LogP contribution < -0.4 is 0 Å². The van der Waals surface area contributed by atoms with Crippen LogP contribution in [0.25, 0.3) is 43.8 Å². The Balaban J connectivity index is 0.00000113. The molecule has 50 heavy (non-hydrogen) atoms. The fraction of sp³-hybridized carbons (Fsp3) is 0.372. The van der Waals surface area contributed by atoms with Crippen molar-refractivity contribution in [1.82, 2.24) is 4.98 Å². The summed E-state index contributed by atoms with van der Waals surface area (Å²) in [5.74, 6) is 2.05. The molecule has 0 spiro atoms. The van der Waals surface area contributed by atoms with Gasteiger partial charge in [0.2, 0.25) is 0 Å². The maximum atomic E-state index is 6.78. The van der Waals surface area contributed by atoms with Gasteiger partial charge in [-0.15, -0.1) is 5.69 Å². The fourth-order valence-electron chi connectivity index (χ4n) is 5.69. The first-order valence-corrected chi connectivity index (χ1v) is 17.0. The predicted octanol–water partition coefficient (Wildman–Crippen LogP) is 12.8. The van der Waals surface area contributed by atoms with Gasteiger partial charge in [-0.1, -0.05) is 135 Å². The topological polar surface area (TPSA) is 82.4 Å². The van der Waals surface area contributed by atoms with Gasteiger partial charge in [0.05, 0.1) is 0 Å². The third-order valence-corrected chi connectivity index (χ3v) is 7.57. The minimum Gasteiger partial charge on any atom is -0.670 e. The molecule has 1 aromatic heterocycles. The smallest absolute Gasteiger partial charge is 0.670 e. The third kappa shape index (κ3) is 12.5. The van der Waals surface area contributed by atoms with Crippen LogP contribution in [0.5, 0.6) is 0 Å². The molecule has 0 amide bonds. The van der Waals surface area contributed by atoms with Gasteiger partial charge >= 0.3 is 26.2 Å². The van der Waals surface area contributed by atoms with Gasteiger partial charge < -0.3 is 25.7 Å². The van der Waals surface area contributed by atoms with E-state index in [0.717, 1.165) is 33.8 Å². The molecule has 0 aliphatic rings. The Morgan fingerprint density at radius 1 is 0.580 bits per heavy atom. The zero-order valence-corrected chi connectivity index (χ0v) is 35.0. The molecule has 1 atom stereocenters. The monoisotopic (exact) mass is 749 g/mol. The Morgan fingerprint density at radius 3 is 1.42 bits per heavy atom. The standard InChI is InChI=1S/C37H39N2O.3C2H6N.Zr/c1-23(2)30-19-14-20-31(24(3)4)34(30)38-35(32-26(6)21-25(5)22-27(32)7)37-39-33(28-15-10-8-11-16-28)36(40-37)29-17-12-9-13-18-29;3*1-3-2;/h8-24,35H,1-7H3;3*1-2H3;/q4*-1;+3. The first-order chi connectivity index (χ1) is 23.5. The van der Waals surface area contributed by atoms with E-state index in [4.69, 9.17) is 14.7 Å². The van der Waals surface area contributed by atoms with Crippen LogP contribution in [-0.2, 0) is 26.2 Å². The van der Waals surface area contributed by atoms with E-state index >= 15 is 0 Å². The Bertz CT molecular complexity index is 1560. The molecule has 1 unspecified atom stereocenters. The largest absolute Gasteiger partial charge is 3.00 e. The van der Waals surface area contributed by atoms with Gasteiger partial charge in [-0.2, -0.15) is 42.3 Å². The maximum Gasteiger partial charge on any atom is 3.00 e. The minimum absolute atomic E-state index is 0. The van der Waals surface area contributed by atoms with Gasteiger partial charge in [0.25, 0.3) is 0 Å². The van der Waals surface area contributed by atoms with Crippen LogP contribution in [0.3, 0.4) is 0 Å². The summed E-state index contributed by atoms with van der Waals surface area (Å²) in [5, 5.41) is 16.1. The number of oxazole rings is 1. The van der Waals surface area contributed by atoms with Crippen LogP contribution in [0.15, 0.2) is 95.4 Å². The third-order valence-electron chi connectivity index (χ3n) is 7.57.